The largest absolute Gasteiger partial charge is 0.401 e. The molecule has 2 rings (SSSR count). The monoisotopic (exact) mass is 335 g/mol. The highest BCUT2D eigenvalue weighted by molar-refractivity contribution is 5.76. The van der Waals surface area contributed by atoms with Crippen LogP contribution in [0.1, 0.15) is 44.9 Å². The lowest BCUT2D eigenvalue weighted by Gasteiger charge is -2.35. The fourth-order valence-electron chi connectivity index (χ4n) is 3.89. The van der Waals surface area contributed by atoms with Crippen LogP contribution in [-0.2, 0) is 4.79 Å². The number of hydrogen-bond acceptors (Lipinski definition) is 3. The third-order valence-electron chi connectivity index (χ3n) is 5.24. The third kappa shape index (κ3) is 5.95. The maximum atomic E-state index is 12.4. The Morgan fingerprint density at radius 1 is 1.26 bits per heavy atom. The maximum absolute atomic E-state index is 12.4. The van der Waals surface area contributed by atoms with Gasteiger partial charge in [0.05, 0.1) is 6.54 Å². The number of halogens is 3. The van der Waals surface area contributed by atoms with E-state index in [0.717, 1.165) is 25.7 Å². The first-order valence-electron chi connectivity index (χ1n) is 8.58. The molecular formula is C16H28F3N3O. The van der Waals surface area contributed by atoms with Crippen LogP contribution in [0.25, 0.3) is 0 Å². The van der Waals surface area contributed by atoms with Gasteiger partial charge in [-0.2, -0.15) is 13.2 Å². The third-order valence-corrected chi connectivity index (χ3v) is 5.24. The van der Waals surface area contributed by atoms with E-state index in [1.54, 1.807) is 0 Å². The fourth-order valence-corrected chi connectivity index (χ4v) is 3.89. The molecule has 0 radical (unpaired) electrons. The van der Waals surface area contributed by atoms with Gasteiger partial charge >= 0.3 is 6.18 Å². The van der Waals surface area contributed by atoms with E-state index in [1.807, 2.05) is 0 Å². The number of nitrogens with zero attached hydrogens (tertiary/aromatic N) is 1. The van der Waals surface area contributed by atoms with Gasteiger partial charge in [0.15, 0.2) is 0 Å². The Balaban J connectivity index is 1.70. The molecule has 0 spiro atoms. The van der Waals surface area contributed by atoms with Crippen molar-refractivity contribution in [2.45, 2.75) is 51.1 Å². The van der Waals surface area contributed by atoms with Crippen molar-refractivity contribution in [2.24, 2.45) is 17.1 Å². The second-order valence-corrected chi connectivity index (χ2v) is 7.25. The first-order valence-corrected chi connectivity index (χ1v) is 8.58. The lowest BCUT2D eigenvalue weighted by Crippen LogP contribution is -2.40. The number of carbonyl (C=O) groups is 1. The van der Waals surface area contributed by atoms with Crippen LogP contribution in [-0.4, -0.2) is 49.7 Å². The predicted octanol–water partition coefficient (Wildman–Crippen LogP) is 2.29. The van der Waals surface area contributed by atoms with Crippen molar-refractivity contribution < 1.29 is 18.0 Å². The molecule has 0 aromatic carbocycles. The van der Waals surface area contributed by atoms with Gasteiger partial charge in [0.2, 0.25) is 5.91 Å². The zero-order chi connectivity index (χ0) is 16.9. The molecule has 0 bridgehead atoms. The summed E-state index contributed by atoms with van der Waals surface area (Å²) < 4.78 is 37.1. The topological polar surface area (TPSA) is 58.4 Å². The number of nitrogens with one attached hydrogen (secondary N) is 1. The summed E-state index contributed by atoms with van der Waals surface area (Å²) in [6, 6.07) is 0. The maximum Gasteiger partial charge on any atom is 0.401 e. The minimum Gasteiger partial charge on any atom is -0.356 e. The van der Waals surface area contributed by atoms with Crippen LogP contribution in [0, 0.1) is 11.3 Å². The predicted molar refractivity (Wildman–Crippen MR) is 82.8 cm³/mol. The number of carbonyl (C=O) groups excluding carboxylic acids is 1. The standard InChI is InChI=1S/C16H28F3N3O/c17-16(18,19)12-22-7-4-13(10-22)9-21-14(23)8-15(11-20)5-2-1-3-6-15/h13H,1-12,20H2,(H,21,23). The van der Waals surface area contributed by atoms with Crippen molar-refractivity contribution in [2.75, 3.05) is 32.7 Å². The summed E-state index contributed by atoms with van der Waals surface area (Å²) in [6.07, 6.45) is 2.46. The van der Waals surface area contributed by atoms with Crippen LogP contribution in [0.4, 0.5) is 13.2 Å². The van der Waals surface area contributed by atoms with E-state index < -0.39 is 12.7 Å². The van der Waals surface area contributed by atoms with E-state index in [1.165, 1.54) is 11.3 Å². The van der Waals surface area contributed by atoms with Crippen molar-refractivity contribution in [1.82, 2.24) is 10.2 Å². The minimum atomic E-state index is -4.15. The van der Waals surface area contributed by atoms with E-state index in [9.17, 15) is 18.0 Å². The Kier molecular flexibility index (Phi) is 6.31. The lowest BCUT2D eigenvalue weighted by atomic mass is 9.71. The average Bonchev–Trinajstić information content (AvgIpc) is 2.91. The van der Waals surface area contributed by atoms with Crippen LogP contribution < -0.4 is 11.1 Å². The first-order chi connectivity index (χ1) is 10.8. The molecule has 1 saturated carbocycles. The van der Waals surface area contributed by atoms with Crippen molar-refractivity contribution in [1.29, 1.82) is 0 Å². The Bertz CT molecular complexity index is 395. The number of rotatable bonds is 6. The summed E-state index contributed by atoms with van der Waals surface area (Å²) in [5.74, 6) is 0.105. The van der Waals surface area contributed by atoms with Crippen molar-refractivity contribution in [3.8, 4) is 0 Å². The van der Waals surface area contributed by atoms with Crippen LogP contribution in [0.5, 0.6) is 0 Å². The molecule has 1 aliphatic carbocycles. The van der Waals surface area contributed by atoms with Crippen molar-refractivity contribution >= 4 is 5.91 Å². The number of alkyl halides is 3. The Labute approximate surface area is 136 Å². The van der Waals surface area contributed by atoms with E-state index >= 15 is 0 Å². The minimum absolute atomic E-state index is 0.00776. The summed E-state index contributed by atoms with van der Waals surface area (Å²) in [5, 5.41) is 2.91. The zero-order valence-electron chi connectivity index (χ0n) is 13.6. The van der Waals surface area contributed by atoms with Gasteiger partial charge in [-0.3, -0.25) is 9.69 Å². The molecule has 1 saturated heterocycles. The first kappa shape index (κ1) is 18.5. The molecule has 7 heteroatoms. The molecule has 1 aliphatic heterocycles. The van der Waals surface area contributed by atoms with Gasteiger partial charge in [0.25, 0.3) is 0 Å². The summed E-state index contributed by atoms with van der Waals surface area (Å²) in [6.45, 7) is 0.999. The van der Waals surface area contributed by atoms with Gasteiger partial charge < -0.3 is 11.1 Å². The molecule has 2 aliphatic rings. The van der Waals surface area contributed by atoms with Gasteiger partial charge in [-0.05, 0) is 43.7 Å². The number of hydrogen-bond donors (Lipinski definition) is 2. The lowest BCUT2D eigenvalue weighted by molar-refractivity contribution is -0.143. The van der Waals surface area contributed by atoms with E-state index in [-0.39, 0.29) is 17.2 Å². The van der Waals surface area contributed by atoms with Gasteiger partial charge in [-0.1, -0.05) is 19.3 Å². The molecule has 0 aromatic rings. The molecule has 4 nitrogen and oxygen atoms in total. The van der Waals surface area contributed by atoms with Gasteiger partial charge in [-0.15, -0.1) is 0 Å². The molecule has 1 amide bonds. The molecule has 2 fully saturated rings. The fraction of sp³-hybridized carbons (Fsp3) is 0.938. The zero-order valence-corrected chi connectivity index (χ0v) is 13.6. The van der Waals surface area contributed by atoms with Crippen molar-refractivity contribution in [3.63, 3.8) is 0 Å². The van der Waals surface area contributed by atoms with Gasteiger partial charge in [0, 0.05) is 19.5 Å². The molecule has 3 N–H and O–H groups in total. The molecule has 23 heavy (non-hydrogen) atoms. The summed E-state index contributed by atoms with van der Waals surface area (Å²) in [7, 11) is 0. The highest BCUT2D eigenvalue weighted by Gasteiger charge is 2.35. The average molecular weight is 335 g/mol. The molecule has 1 atom stereocenters. The molecular weight excluding hydrogens is 307 g/mol. The van der Waals surface area contributed by atoms with Crippen LogP contribution >= 0.6 is 0 Å². The molecule has 1 unspecified atom stereocenters. The number of amides is 1. The molecule has 0 aromatic heterocycles. The Morgan fingerprint density at radius 2 is 1.96 bits per heavy atom. The molecule has 134 valence electrons. The van der Waals surface area contributed by atoms with Crippen LogP contribution in [0.2, 0.25) is 0 Å². The SMILES string of the molecule is NCC1(CC(=O)NCC2CCN(CC(F)(F)F)C2)CCCCC1. The second kappa shape index (κ2) is 7.83. The summed E-state index contributed by atoms with van der Waals surface area (Å²) in [5.41, 5.74) is 5.82. The highest BCUT2D eigenvalue weighted by atomic mass is 19.4. The van der Waals surface area contributed by atoms with Crippen LogP contribution in [0.3, 0.4) is 0 Å². The molecule has 1 heterocycles. The smallest absolute Gasteiger partial charge is 0.356 e. The quantitative estimate of drug-likeness (QED) is 0.783. The van der Waals surface area contributed by atoms with Crippen molar-refractivity contribution in [3.05, 3.63) is 0 Å². The Hall–Kier alpha value is -0.820. The summed E-state index contributed by atoms with van der Waals surface area (Å²) in [4.78, 5) is 13.6. The second-order valence-electron chi connectivity index (χ2n) is 7.25. The number of nitrogens with two attached hydrogens (primary N) is 1. The summed E-state index contributed by atoms with van der Waals surface area (Å²) >= 11 is 0. The van der Waals surface area contributed by atoms with Crippen LogP contribution in [0.15, 0.2) is 0 Å². The van der Waals surface area contributed by atoms with E-state index in [0.29, 0.717) is 39.0 Å². The van der Waals surface area contributed by atoms with Gasteiger partial charge in [0.1, 0.15) is 0 Å². The highest BCUT2D eigenvalue weighted by Crippen LogP contribution is 2.38. The van der Waals surface area contributed by atoms with E-state index in [4.69, 9.17) is 5.73 Å². The number of likely N-dealkylation sites (tertiary alicyclic amines) is 1. The normalized spacial score (nSPS) is 25.5. The Morgan fingerprint density at radius 3 is 2.57 bits per heavy atom. The van der Waals surface area contributed by atoms with E-state index in [2.05, 4.69) is 5.32 Å². The van der Waals surface area contributed by atoms with Gasteiger partial charge in [-0.25, -0.2) is 0 Å².